The van der Waals surface area contributed by atoms with E-state index in [4.69, 9.17) is 4.74 Å². The fourth-order valence-corrected chi connectivity index (χ4v) is 2.29. The molecule has 1 aromatic heterocycles. The van der Waals surface area contributed by atoms with E-state index in [0.29, 0.717) is 12.2 Å². The van der Waals surface area contributed by atoms with Crippen molar-refractivity contribution in [3.63, 3.8) is 0 Å². The van der Waals surface area contributed by atoms with Gasteiger partial charge in [-0.3, -0.25) is 25.0 Å². The lowest BCUT2D eigenvalue weighted by Crippen LogP contribution is -2.27. The molecule has 1 N–H and O–H groups in total. The summed E-state index contributed by atoms with van der Waals surface area (Å²) in [5.74, 6) is -0.164. The number of pyridine rings is 1. The van der Waals surface area contributed by atoms with Crippen LogP contribution in [0.4, 0.5) is 17.2 Å². The molecule has 0 saturated heterocycles. The molecule has 2 aromatic rings. The molecule has 142 valence electrons. The number of rotatable bonds is 9. The molecule has 0 amide bonds. The molecule has 0 aliphatic rings. The number of hydrogen-bond donors (Lipinski definition) is 1. The highest BCUT2D eigenvalue weighted by Gasteiger charge is 2.17. The molecule has 0 radical (unpaired) electrons. The van der Waals surface area contributed by atoms with E-state index < -0.39 is 15.8 Å². The molecule has 0 aliphatic heterocycles. The smallest absolute Gasteiger partial charge is 0.310 e. The average Bonchev–Trinajstić information content (AvgIpc) is 2.65. The number of benzene rings is 1. The number of hydrogen-bond acceptors (Lipinski definition) is 8. The molecule has 0 spiro atoms. The quantitative estimate of drug-likeness (QED) is 0.402. The second-order valence-electron chi connectivity index (χ2n) is 5.65. The van der Waals surface area contributed by atoms with Gasteiger partial charge in [0.2, 0.25) is 0 Å². The Morgan fingerprint density at radius 3 is 2.52 bits per heavy atom. The van der Waals surface area contributed by atoms with Crippen LogP contribution in [-0.4, -0.2) is 33.4 Å². The molecule has 1 atom stereocenters. The van der Waals surface area contributed by atoms with Gasteiger partial charge < -0.3 is 10.1 Å². The van der Waals surface area contributed by atoms with Crippen molar-refractivity contribution in [1.82, 2.24) is 4.98 Å². The predicted octanol–water partition coefficient (Wildman–Crippen LogP) is 2.87. The van der Waals surface area contributed by atoms with E-state index in [-0.39, 0.29) is 36.0 Å². The maximum Gasteiger partial charge on any atom is 0.310 e. The first-order valence-electron chi connectivity index (χ1n) is 8.15. The first-order valence-corrected chi connectivity index (χ1v) is 8.15. The van der Waals surface area contributed by atoms with E-state index in [0.717, 1.165) is 6.20 Å². The summed E-state index contributed by atoms with van der Waals surface area (Å²) in [6.07, 6.45) is 1.54. The van der Waals surface area contributed by atoms with E-state index in [9.17, 15) is 25.0 Å². The standard InChI is InChI=1S/C17H18N4O6/c1-2-13(19-16-8-7-14(10-18-16)20(23)24)11-27-17(22)9-12-5-3-4-6-15(12)21(25)26/h3-8,10,13H,2,9,11H2,1H3,(H,18,19). The Hall–Kier alpha value is -3.56. The van der Waals surface area contributed by atoms with Crippen LogP contribution in [0.1, 0.15) is 18.9 Å². The Kier molecular flexibility index (Phi) is 6.75. The van der Waals surface area contributed by atoms with Crippen molar-refractivity contribution in [3.8, 4) is 0 Å². The van der Waals surface area contributed by atoms with Crippen LogP contribution in [0.5, 0.6) is 0 Å². The summed E-state index contributed by atoms with van der Waals surface area (Å²) in [6, 6.07) is 8.52. The van der Waals surface area contributed by atoms with Crippen molar-refractivity contribution in [2.24, 2.45) is 0 Å². The summed E-state index contributed by atoms with van der Waals surface area (Å²) in [5.41, 5.74) is 0.0321. The van der Waals surface area contributed by atoms with Gasteiger partial charge in [-0.25, -0.2) is 4.98 Å². The van der Waals surface area contributed by atoms with Crippen molar-refractivity contribution in [2.45, 2.75) is 25.8 Å². The second-order valence-corrected chi connectivity index (χ2v) is 5.65. The molecule has 10 nitrogen and oxygen atoms in total. The van der Waals surface area contributed by atoms with Gasteiger partial charge in [0.05, 0.1) is 22.3 Å². The molecule has 1 aromatic carbocycles. The minimum atomic E-state index is -0.582. The summed E-state index contributed by atoms with van der Waals surface area (Å²) in [5, 5.41) is 24.6. The maximum atomic E-state index is 12.0. The molecule has 27 heavy (non-hydrogen) atoms. The number of esters is 1. The van der Waals surface area contributed by atoms with E-state index in [1.165, 1.54) is 30.3 Å². The number of nitro benzene ring substituents is 1. The normalized spacial score (nSPS) is 11.4. The van der Waals surface area contributed by atoms with Crippen molar-refractivity contribution in [2.75, 3.05) is 11.9 Å². The summed E-state index contributed by atoms with van der Waals surface area (Å²) >= 11 is 0. The highest BCUT2D eigenvalue weighted by molar-refractivity contribution is 5.74. The average molecular weight is 374 g/mol. The van der Waals surface area contributed by atoms with Gasteiger partial charge in [-0.15, -0.1) is 0 Å². The molecular weight excluding hydrogens is 356 g/mol. The van der Waals surface area contributed by atoms with Gasteiger partial charge in [-0.05, 0) is 12.5 Å². The van der Waals surface area contributed by atoms with E-state index >= 15 is 0 Å². The second kappa shape index (κ2) is 9.22. The molecule has 1 heterocycles. The molecule has 0 saturated carbocycles. The fourth-order valence-electron chi connectivity index (χ4n) is 2.29. The third-order valence-corrected chi connectivity index (χ3v) is 3.77. The van der Waals surface area contributed by atoms with Gasteiger partial charge in [0.1, 0.15) is 18.6 Å². The zero-order valence-electron chi connectivity index (χ0n) is 14.5. The summed E-state index contributed by atoms with van der Waals surface area (Å²) in [4.78, 5) is 36.5. The lowest BCUT2D eigenvalue weighted by molar-refractivity contribution is -0.385. The number of anilines is 1. The number of nitrogens with zero attached hydrogens (tertiary/aromatic N) is 3. The molecule has 10 heteroatoms. The molecule has 0 fully saturated rings. The van der Waals surface area contributed by atoms with Crippen LogP contribution in [0.3, 0.4) is 0 Å². The number of para-hydroxylation sites is 1. The Morgan fingerprint density at radius 1 is 1.19 bits per heavy atom. The van der Waals surface area contributed by atoms with Crippen molar-refractivity contribution in [1.29, 1.82) is 0 Å². The monoisotopic (exact) mass is 374 g/mol. The van der Waals surface area contributed by atoms with Crippen molar-refractivity contribution >= 4 is 23.2 Å². The first-order chi connectivity index (χ1) is 12.9. The van der Waals surface area contributed by atoms with Crippen LogP contribution in [-0.2, 0) is 16.0 Å². The van der Waals surface area contributed by atoms with Gasteiger partial charge in [0.25, 0.3) is 11.4 Å². The third kappa shape index (κ3) is 5.73. The predicted molar refractivity (Wildman–Crippen MR) is 96.4 cm³/mol. The zero-order valence-corrected chi connectivity index (χ0v) is 14.5. The Morgan fingerprint density at radius 2 is 1.93 bits per heavy atom. The maximum absolute atomic E-state index is 12.0. The lowest BCUT2D eigenvalue weighted by atomic mass is 10.1. The third-order valence-electron chi connectivity index (χ3n) is 3.77. The number of nitrogens with one attached hydrogen (secondary N) is 1. The van der Waals surface area contributed by atoms with Gasteiger partial charge in [0.15, 0.2) is 0 Å². The summed E-state index contributed by atoms with van der Waals surface area (Å²) in [6.45, 7) is 1.91. The van der Waals surface area contributed by atoms with Gasteiger partial charge in [0, 0.05) is 17.7 Å². The minimum Gasteiger partial charge on any atom is -0.463 e. The van der Waals surface area contributed by atoms with Crippen LogP contribution < -0.4 is 5.32 Å². The van der Waals surface area contributed by atoms with Crippen LogP contribution in [0.15, 0.2) is 42.6 Å². The largest absolute Gasteiger partial charge is 0.463 e. The lowest BCUT2D eigenvalue weighted by Gasteiger charge is -2.17. The Labute approximate surface area is 154 Å². The molecule has 0 aliphatic carbocycles. The van der Waals surface area contributed by atoms with Crippen molar-refractivity contribution in [3.05, 3.63) is 68.4 Å². The Balaban J connectivity index is 1.90. The number of aromatic nitrogens is 1. The summed E-state index contributed by atoms with van der Waals surface area (Å²) in [7, 11) is 0. The number of carbonyl (C=O) groups excluding carboxylic acids is 1. The van der Waals surface area contributed by atoms with E-state index in [1.54, 1.807) is 6.07 Å². The Bertz CT molecular complexity index is 824. The van der Waals surface area contributed by atoms with Crippen LogP contribution in [0.2, 0.25) is 0 Å². The molecule has 0 bridgehead atoms. The van der Waals surface area contributed by atoms with Gasteiger partial charge in [-0.2, -0.15) is 0 Å². The highest BCUT2D eigenvalue weighted by atomic mass is 16.6. The van der Waals surface area contributed by atoms with Crippen molar-refractivity contribution < 1.29 is 19.4 Å². The molecular formula is C17H18N4O6. The van der Waals surface area contributed by atoms with Gasteiger partial charge >= 0.3 is 5.97 Å². The molecule has 2 rings (SSSR count). The topological polar surface area (TPSA) is 138 Å². The van der Waals surface area contributed by atoms with Gasteiger partial charge in [-0.1, -0.05) is 25.1 Å². The highest BCUT2D eigenvalue weighted by Crippen LogP contribution is 2.18. The number of ether oxygens (including phenoxy) is 1. The summed E-state index contributed by atoms with van der Waals surface area (Å²) < 4.78 is 5.21. The minimum absolute atomic E-state index is 0.0363. The zero-order chi connectivity index (χ0) is 19.8. The van der Waals surface area contributed by atoms with Crippen LogP contribution in [0.25, 0.3) is 0 Å². The number of nitro groups is 2. The SMILES string of the molecule is CCC(COC(=O)Cc1ccccc1[N+](=O)[O-])Nc1ccc([N+](=O)[O-])cn1. The van der Waals surface area contributed by atoms with E-state index in [2.05, 4.69) is 10.3 Å². The van der Waals surface area contributed by atoms with E-state index in [1.807, 2.05) is 6.92 Å². The first kappa shape index (κ1) is 19.8. The van der Waals surface area contributed by atoms with Crippen LogP contribution >= 0.6 is 0 Å². The number of carbonyl (C=O) groups is 1. The van der Waals surface area contributed by atoms with Crippen LogP contribution in [0, 0.1) is 20.2 Å². The fraction of sp³-hybridized carbons (Fsp3) is 0.294. The molecule has 1 unspecified atom stereocenters.